The van der Waals surface area contributed by atoms with Crippen LogP contribution in [0.5, 0.6) is 0 Å². The van der Waals surface area contributed by atoms with E-state index in [4.69, 9.17) is 0 Å². The van der Waals surface area contributed by atoms with Crippen LogP contribution < -0.4 is 5.32 Å². The Kier molecular flexibility index (Phi) is 7.89. The number of nitrogens with one attached hydrogen (secondary N) is 1. The van der Waals surface area contributed by atoms with Gasteiger partial charge in [0, 0.05) is 12.3 Å². The van der Waals surface area contributed by atoms with Gasteiger partial charge in [-0.3, -0.25) is 9.69 Å². The maximum atomic E-state index is 13.5. The van der Waals surface area contributed by atoms with Gasteiger partial charge in [0.05, 0.1) is 6.04 Å². The van der Waals surface area contributed by atoms with E-state index in [2.05, 4.69) is 10.2 Å². The molecule has 3 nitrogen and oxygen atoms in total. The highest BCUT2D eigenvalue weighted by molar-refractivity contribution is 7.98. The first-order chi connectivity index (χ1) is 11.2. The summed E-state index contributed by atoms with van der Waals surface area (Å²) in [6.07, 6.45) is 5.43. The molecule has 1 aliphatic rings. The zero-order valence-electron chi connectivity index (χ0n) is 13.9. The highest BCUT2D eigenvalue weighted by Crippen LogP contribution is 2.16. The largest absolute Gasteiger partial charge is 0.355 e. The number of hydrogen-bond donors (Lipinski definition) is 1. The fourth-order valence-corrected chi connectivity index (χ4v) is 3.83. The predicted molar refractivity (Wildman–Crippen MR) is 95.1 cm³/mol. The maximum absolute atomic E-state index is 13.5. The van der Waals surface area contributed by atoms with Crippen molar-refractivity contribution in [2.24, 2.45) is 0 Å². The van der Waals surface area contributed by atoms with E-state index in [-0.39, 0.29) is 17.8 Å². The molecule has 0 saturated carbocycles. The molecule has 1 aliphatic heterocycles. The number of likely N-dealkylation sites (N-methyl/N-ethyl adjacent to an activating group) is 1. The van der Waals surface area contributed by atoms with Crippen molar-refractivity contribution in [3.05, 3.63) is 35.6 Å². The Hall–Kier alpha value is -1.07. The second-order valence-corrected chi connectivity index (χ2v) is 7.24. The van der Waals surface area contributed by atoms with E-state index in [1.165, 1.54) is 18.9 Å². The SMILES string of the molecule is CN1CCCCC[C@H]1C(=O)NCCCSCc1ccccc1F. The lowest BCUT2D eigenvalue weighted by atomic mass is 10.1. The number of halogens is 1. The zero-order valence-corrected chi connectivity index (χ0v) is 14.7. The van der Waals surface area contributed by atoms with Crippen LogP contribution >= 0.6 is 11.8 Å². The van der Waals surface area contributed by atoms with Crippen molar-refractivity contribution in [3.8, 4) is 0 Å². The van der Waals surface area contributed by atoms with Crippen LogP contribution in [-0.2, 0) is 10.5 Å². The molecule has 1 fully saturated rings. The zero-order chi connectivity index (χ0) is 16.5. The summed E-state index contributed by atoms with van der Waals surface area (Å²) in [7, 11) is 2.04. The van der Waals surface area contributed by atoms with E-state index in [0.29, 0.717) is 12.3 Å². The van der Waals surface area contributed by atoms with Gasteiger partial charge in [-0.2, -0.15) is 11.8 Å². The Morgan fingerprint density at radius 1 is 1.35 bits per heavy atom. The van der Waals surface area contributed by atoms with Crippen LogP contribution in [0, 0.1) is 5.82 Å². The number of carbonyl (C=O) groups excluding carboxylic acids is 1. The number of likely N-dealkylation sites (tertiary alicyclic amines) is 1. The normalized spacial score (nSPS) is 19.3. The Morgan fingerprint density at radius 2 is 2.17 bits per heavy atom. The van der Waals surface area contributed by atoms with E-state index >= 15 is 0 Å². The Balaban J connectivity index is 1.59. The number of benzene rings is 1. The number of amides is 1. The lowest BCUT2D eigenvalue weighted by molar-refractivity contribution is -0.126. The van der Waals surface area contributed by atoms with Crippen molar-refractivity contribution >= 4 is 17.7 Å². The second-order valence-electron chi connectivity index (χ2n) is 6.13. The summed E-state index contributed by atoms with van der Waals surface area (Å²) in [5.41, 5.74) is 0.751. The van der Waals surface area contributed by atoms with Gasteiger partial charge in [-0.25, -0.2) is 4.39 Å². The van der Waals surface area contributed by atoms with Crippen molar-refractivity contribution in [3.63, 3.8) is 0 Å². The second kappa shape index (κ2) is 9.93. The van der Waals surface area contributed by atoms with Gasteiger partial charge in [-0.15, -0.1) is 0 Å². The fraction of sp³-hybridized carbons (Fsp3) is 0.611. The average Bonchev–Trinajstić information content (AvgIpc) is 2.76. The first kappa shape index (κ1) is 18.3. The lowest BCUT2D eigenvalue weighted by Crippen LogP contribution is -2.45. The van der Waals surface area contributed by atoms with Gasteiger partial charge < -0.3 is 5.32 Å². The van der Waals surface area contributed by atoms with Crippen LogP contribution in [0.2, 0.25) is 0 Å². The minimum atomic E-state index is -0.135. The minimum absolute atomic E-state index is 0.0311. The van der Waals surface area contributed by atoms with Crippen LogP contribution in [0.15, 0.2) is 24.3 Å². The van der Waals surface area contributed by atoms with Crippen LogP contribution in [0.4, 0.5) is 4.39 Å². The first-order valence-corrected chi connectivity index (χ1v) is 9.63. The molecule has 1 saturated heterocycles. The molecule has 23 heavy (non-hydrogen) atoms. The van der Waals surface area contributed by atoms with Crippen molar-refractivity contribution in [1.29, 1.82) is 0 Å². The summed E-state index contributed by atoms with van der Waals surface area (Å²) < 4.78 is 13.5. The third-order valence-electron chi connectivity index (χ3n) is 4.30. The Bertz CT molecular complexity index is 498. The van der Waals surface area contributed by atoms with E-state index in [1.807, 2.05) is 19.2 Å². The third kappa shape index (κ3) is 6.15. The van der Waals surface area contributed by atoms with Gasteiger partial charge in [0.25, 0.3) is 0 Å². The molecule has 1 heterocycles. The summed E-state index contributed by atoms with van der Waals surface area (Å²) in [5.74, 6) is 1.64. The van der Waals surface area contributed by atoms with E-state index in [1.54, 1.807) is 17.8 Å². The molecule has 0 bridgehead atoms. The smallest absolute Gasteiger partial charge is 0.237 e. The van der Waals surface area contributed by atoms with Gasteiger partial charge in [0.2, 0.25) is 5.91 Å². The van der Waals surface area contributed by atoms with Crippen LogP contribution in [-0.4, -0.2) is 42.7 Å². The van der Waals surface area contributed by atoms with Crippen molar-refractivity contribution < 1.29 is 9.18 Å². The summed E-state index contributed by atoms with van der Waals surface area (Å²) in [6, 6.07) is 6.93. The first-order valence-electron chi connectivity index (χ1n) is 8.47. The number of rotatable bonds is 7. The molecule has 2 rings (SSSR count). The lowest BCUT2D eigenvalue weighted by Gasteiger charge is -2.24. The number of nitrogens with zero attached hydrogens (tertiary/aromatic N) is 1. The molecular formula is C18H27FN2OS. The molecule has 5 heteroatoms. The highest BCUT2D eigenvalue weighted by Gasteiger charge is 2.23. The fourth-order valence-electron chi connectivity index (χ4n) is 2.88. The molecule has 1 N–H and O–H groups in total. The topological polar surface area (TPSA) is 32.3 Å². The summed E-state index contributed by atoms with van der Waals surface area (Å²) in [4.78, 5) is 14.4. The van der Waals surface area contributed by atoms with E-state index < -0.39 is 0 Å². The van der Waals surface area contributed by atoms with E-state index in [0.717, 1.165) is 37.1 Å². The Labute approximate surface area is 143 Å². The van der Waals surface area contributed by atoms with Crippen LogP contribution in [0.1, 0.15) is 37.7 Å². The molecule has 0 unspecified atom stereocenters. The summed E-state index contributed by atoms with van der Waals surface area (Å²) in [6.45, 7) is 1.71. The van der Waals surface area contributed by atoms with Crippen molar-refractivity contribution in [1.82, 2.24) is 10.2 Å². The molecular weight excluding hydrogens is 311 g/mol. The molecule has 1 atom stereocenters. The standard InChI is InChI=1S/C18H27FN2OS/c1-21-12-6-2-3-10-17(21)18(22)20-11-7-13-23-14-15-8-4-5-9-16(15)19/h4-5,8-9,17H,2-3,6-7,10-14H2,1H3,(H,20,22)/t17-/m0/s1. The quantitative estimate of drug-likeness (QED) is 0.773. The molecule has 0 radical (unpaired) electrons. The van der Waals surface area contributed by atoms with Gasteiger partial charge in [0.1, 0.15) is 5.82 Å². The van der Waals surface area contributed by atoms with Gasteiger partial charge >= 0.3 is 0 Å². The van der Waals surface area contributed by atoms with E-state index in [9.17, 15) is 9.18 Å². The maximum Gasteiger partial charge on any atom is 0.237 e. The molecule has 1 aromatic carbocycles. The predicted octanol–water partition coefficient (Wildman–Crippen LogP) is 3.44. The Morgan fingerprint density at radius 3 is 3.00 bits per heavy atom. The van der Waals surface area contributed by atoms with Crippen molar-refractivity contribution in [2.45, 2.75) is 43.9 Å². The molecule has 0 aromatic heterocycles. The molecule has 1 amide bonds. The molecule has 1 aromatic rings. The highest BCUT2D eigenvalue weighted by atomic mass is 32.2. The third-order valence-corrected chi connectivity index (χ3v) is 5.40. The molecule has 0 aliphatic carbocycles. The number of thioether (sulfide) groups is 1. The van der Waals surface area contributed by atoms with Crippen LogP contribution in [0.3, 0.4) is 0 Å². The van der Waals surface area contributed by atoms with Crippen molar-refractivity contribution in [2.75, 3.05) is 25.9 Å². The monoisotopic (exact) mass is 338 g/mol. The summed E-state index contributed by atoms with van der Waals surface area (Å²) in [5, 5.41) is 3.05. The van der Waals surface area contributed by atoms with Crippen LogP contribution in [0.25, 0.3) is 0 Å². The van der Waals surface area contributed by atoms with Gasteiger partial charge in [-0.1, -0.05) is 31.0 Å². The average molecular weight is 338 g/mol. The molecule has 0 spiro atoms. The van der Waals surface area contributed by atoms with Gasteiger partial charge in [0.15, 0.2) is 0 Å². The number of hydrogen-bond acceptors (Lipinski definition) is 3. The minimum Gasteiger partial charge on any atom is -0.355 e. The summed E-state index contributed by atoms with van der Waals surface area (Å²) >= 11 is 1.71. The van der Waals surface area contributed by atoms with Gasteiger partial charge in [-0.05, 0) is 50.2 Å². The number of carbonyl (C=O) groups is 1. The molecule has 128 valence electrons.